The topological polar surface area (TPSA) is 69.3 Å². The molecule has 0 aliphatic rings. The summed E-state index contributed by atoms with van der Waals surface area (Å²) >= 11 is 6.04. The summed E-state index contributed by atoms with van der Waals surface area (Å²) < 4.78 is 9.03. The third kappa shape index (κ3) is 2.95. The second kappa shape index (κ2) is 6.06. The van der Waals surface area contributed by atoms with Gasteiger partial charge >= 0.3 is 5.97 Å². The monoisotopic (exact) mass is 333 g/mol. The lowest BCUT2D eigenvalue weighted by Crippen LogP contribution is -2.09. The van der Waals surface area contributed by atoms with Gasteiger partial charge in [-0.25, -0.2) is 4.79 Å². The normalized spacial score (nSPS) is 11.3. The Morgan fingerprint density at radius 3 is 2.91 bits per heavy atom. The van der Waals surface area contributed by atoms with Crippen LogP contribution in [0.5, 0.6) is 0 Å². The fourth-order valence-corrected chi connectivity index (χ4v) is 2.88. The zero-order valence-electron chi connectivity index (χ0n) is 12.8. The van der Waals surface area contributed by atoms with Gasteiger partial charge in [-0.05, 0) is 31.2 Å². The predicted molar refractivity (Wildman–Crippen MR) is 87.1 cm³/mol. The molecule has 0 atom stereocenters. The van der Waals surface area contributed by atoms with Crippen molar-refractivity contribution in [3.63, 3.8) is 0 Å². The van der Waals surface area contributed by atoms with E-state index in [1.54, 1.807) is 4.68 Å². The summed E-state index contributed by atoms with van der Waals surface area (Å²) in [5.41, 5.74) is 2.67. The number of aromatic nitrogens is 3. The van der Waals surface area contributed by atoms with Crippen LogP contribution in [0, 0.1) is 6.92 Å². The number of ether oxygens (including phenoxy) is 1. The van der Waals surface area contributed by atoms with E-state index in [9.17, 15) is 4.79 Å². The first-order valence-electron chi connectivity index (χ1n) is 7.06. The lowest BCUT2D eigenvalue weighted by Gasteiger charge is -2.10. The number of hydrogen-bond acceptors (Lipinski definition) is 3. The third-order valence-electron chi connectivity index (χ3n) is 3.67. The average Bonchev–Trinajstić information content (AvgIpc) is 2.99. The van der Waals surface area contributed by atoms with Crippen LogP contribution in [0.3, 0.4) is 0 Å². The van der Waals surface area contributed by atoms with E-state index in [0.29, 0.717) is 5.02 Å². The van der Waals surface area contributed by atoms with Crippen LogP contribution in [0.2, 0.25) is 5.02 Å². The average molecular weight is 334 g/mol. The van der Waals surface area contributed by atoms with Gasteiger partial charge in [-0.15, -0.1) is 0 Å². The number of nitrogens with zero attached hydrogens (tertiary/aromatic N) is 3. The summed E-state index contributed by atoms with van der Waals surface area (Å²) in [5, 5.41) is 14.9. The molecule has 2 aromatic heterocycles. The van der Waals surface area contributed by atoms with E-state index >= 15 is 0 Å². The Labute approximate surface area is 137 Å². The van der Waals surface area contributed by atoms with E-state index in [1.807, 2.05) is 49.0 Å². The van der Waals surface area contributed by atoms with Gasteiger partial charge in [0.05, 0.1) is 17.8 Å². The zero-order valence-corrected chi connectivity index (χ0v) is 13.5. The molecule has 0 aliphatic heterocycles. The van der Waals surface area contributed by atoms with Crippen molar-refractivity contribution in [2.75, 3.05) is 6.61 Å². The standard InChI is InChI=1S/C16H16ClN3O3/c1-10-13(8-23-9-15(21)22)16(19(2)18-10)20-6-5-11-7-12(17)3-4-14(11)20/h3-7H,8-9H2,1-2H3,(H,21,22). The molecule has 3 aromatic rings. The first kappa shape index (κ1) is 15.6. The molecule has 0 saturated heterocycles. The lowest BCUT2D eigenvalue weighted by molar-refractivity contribution is -0.142. The molecule has 0 radical (unpaired) electrons. The van der Waals surface area contributed by atoms with Crippen LogP contribution >= 0.6 is 11.6 Å². The van der Waals surface area contributed by atoms with Gasteiger partial charge < -0.3 is 14.4 Å². The van der Waals surface area contributed by atoms with Gasteiger partial charge in [-0.3, -0.25) is 4.68 Å². The molecule has 1 N–H and O–H groups in total. The van der Waals surface area contributed by atoms with Gasteiger partial charge in [-0.1, -0.05) is 11.6 Å². The highest BCUT2D eigenvalue weighted by Crippen LogP contribution is 2.26. The van der Waals surface area contributed by atoms with Gasteiger partial charge in [0, 0.05) is 29.2 Å². The smallest absolute Gasteiger partial charge is 0.329 e. The van der Waals surface area contributed by atoms with Crippen LogP contribution in [0.1, 0.15) is 11.3 Å². The molecule has 1 aromatic carbocycles. The fraction of sp³-hybridized carbons (Fsp3) is 0.250. The summed E-state index contributed by atoms with van der Waals surface area (Å²) in [5.74, 6) is -0.139. The Hall–Kier alpha value is -2.31. The molecule has 0 spiro atoms. The van der Waals surface area contributed by atoms with E-state index < -0.39 is 5.97 Å². The summed E-state index contributed by atoms with van der Waals surface area (Å²) in [6.45, 7) is 1.73. The largest absolute Gasteiger partial charge is 0.480 e. The maximum Gasteiger partial charge on any atom is 0.329 e. The number of benzene rings is 1. The molecule has 0 bridgehead atoms. The first-order valence-corrected chi connectivity index (χ1v) is 7.44. The van der Waals surface area contributed by atoms with E-state index in [2.05, 4.69) is 5.10 Å². The van der Waals surface area contributed by atoms with Crippen molar-refractivity contribution in [1.29, 1.82) is 0 Å². The van der Waals surface area contributed by atoms with Crippen molar-refractivity contribution in [3.05, 3.63) is 46.7 Å². The summed E-state index contributed by atoms with van der Waals surface area (Å²) in [7, 11) is 1.85. The van der Waals surface area contributed by atoms with Gasteiger partial charge in [0.25, 0.3) is 0 Å². The van der Waals surface area contributed by atoms with Crippen LogP contribution < -0.4 is 0 Å². The number of carboxylic acids is 1. The van der Waals surface area contributed by atoms with Crippen molar-refractivity contribution in [2.45, 2.75) is 13.5 Å². The van der Waals surface area contributed by atoms with Crippen molar-refractivity contribution in [3.8, 4) is 5.82 Å². The first-order chi connectivity index (χ1) is 11.0. The lowest BCUT2D eigenvalue weighted by atomic mass is 10.2. The Balaban J connectivity index is 2.05. The molecule has 6 nitrogen and oxygen atoms in total. The summed E-state index contributed by atoms with van der Waals surface area (Å²) in [6, 6.07) is 7.66. The van der Waals surface area contributed by atoms with Crippen molar-refractivity contribution in [1.82, 2.24) is 14.3 Å². The molecule has 0 amide bonds. The highest BCUT2D eigenvalue weighted by atomic mass is 35.5. The molecular formula is C16H16ClN3O3. The number of fused-ring (bicyclic) bond motifs is 1. The van der Waals surface area contributed by atoms with Gasteiger partial charge in [0.15, 0.2) is 0 Å². The minimum atomic E-state index is -0.992. The maximum absolute atomic E-state index is 10.6. The molecular weight excluding hydrogens is 318 g/mol. The number of carboxylic acid groups (broad SMARTS) is 1. The molecule has 3 rings (SSSR count). The molecule has 120 valence electrons. The molecule has 2 heterocycles. The number of rotatable bonds is 5. The quantitative estimate of drug-likeness (QED) is 0.779. The maximum atomic E-state index is 10.6. The van der Waals surface area contributed by atoms with Crippen molar-refractivity contribution >= 4 is 28.5 Å². The number of carbonyl (C=O) groups is 1. The number of halogens is 1. The molecule has 0 saturated carbocycles. The zero-order chi connectivity index (χ0) is 16.6. The minimum absolute atomic E-state index is 0.189. The summed E-state index contributed by atoms with van der Waals surface area (Å²) in [4.78, 5) is 10.6. The highest BCUT2D eigenvalue weighted by molar-refractivity contribution is 6.31. The molecule has 23 heavy (non-hydrogen) atoms. The Morgan fingerprint density at radius 2 is 2.17 bits per heavy atom. The fourth-order valence-electron chi connectivity index (χ4n) is 2.70. The number of aryl methyl sites for hydroxylation is 2. The van der Waals surface area contributed by atoms with E-state index in [0.717, 1.165) is 28.0 Å². The van der Waals surface area contributed by atoms with Gasteiger partial charge in [-0.2, -0.15) is 5.10 Å². The minimum Gasteiger partial charge on any atom is -0.480 e. The second-order valence-electron chi connectivity index (χ2n) is 5.29. The Bertz CT molecular complexity index is 882. The highest BCUT2D eigenvalue weighted by Gasteiger charge is 2.17. The Kier molecular flexibility index (Phi) is 4.11. The Morgan fingerprint density at radius 1 is 1.39 bits per heavy atom. The van der Waals surface area contributed by atoms with Gasteiger partial charge in [0.2, 0.25) is 0 Å². The number of hydrogen-bond donors (Lipinski definition) is 1. The van der Waals surface area contributed by atoms with E-state index in [-0.39, 0.29) is 13.2 Å². The van der Waals surface area contributed by atoms with Crippen molar-refractivity contribution < 1.29 is 14.6 Å². The van der Waals surface area contributed by atoms with Gasteiger partial charge in [0.1, 0.15) is 12.4 Å². The summed E-state index contributed by atoms with van der Waals surface area (Å²) in [6.07, 6.45) is 1.94. The van der Waals surface area contributed by atoms with Crippen LogP contribution in [-0.4, -0.2) is 32.0 Å². The SMILES string of the molecule is Cc1nn(C)c(-n2ccc3cc(Cl)ccc32)c1COCC(=O)O. The van der Waals surface area contributed by atoms with E-state index in [1.165, 1.54) is 0 Å². The van der Waals surface area contributed by atoms with Crippen LogP contribution in [-0.2, 0) is 23.2 Å². The van der Waals surface area contributed by atoms with Crippen LogP contribution in [0.25, 0.3) is 16.7 Å². The molecule has 7 heteroatoms. The molecule has 0 unspecified atom stereocenters. The second-order valence-corrected chi connectivity index (χ2v) is 5.72. The van der Waals surface area contributed by atoms with Crippen molar-refractivity contribution in [2.24, 2.45) is 7.05 Å². The number of aliphatic carboxylic acids is 1. The third-order valence-corrected chi connectivity index (χ3v) is 3.90. The van der Waals surface area contributed by atoms with Crippen LogP contribution in [0.15, 0.2) is 30.5 Å². The van der Waals surface area contributed by atoms with Crippen LogP contribution in [0.4, 0.5) is 0 Å². The predicted octanol–water partition coefficient (Wildman–Crippen LogP) is 2.93. The molecule has 0 aliphatic carbocycles. The molecule has 0 fully saturated rings. The van der Waals surface area contributed by atoms with E-state index in [4.69, 9.17) is 21.4 Å².